The van der Waals surface area contributed by atoms with Gasteiger partial charge in [-0.1, -0.05) is 30.0 Å². The largest absolute Gasteiger partial charge is 0.349 e. The normalized spacial score (nSPS) is 14.1. The average Bonchev–Trinajstić information content (AvgIpc) is 3.12. The van der Waals surface area contributed by atoms with Crippen LogP contribution in [0.25, 0.3) is 5.57 Å². The van der Waals surface area contributed by atoms with Gasteiger partial charge in [0.15, 0.2) is 0 Å². The molecule has 1 aromatic carbocycles. The summed E-state index contributed by atoms with van der Waals surface area (Å²) in [5.74, 6) is 0.460. The van der Waals surface area contributed by atoms with Crippen LogP contribution in [0.4, 0.5) is 11.6 Å². The Morgan fingerprint density at radius 2 is 1.96 bits per heavy atom. The second-order valence-electron chi connectivity index (χ2n) is 5.48. The standard InChI is InChI=1S/C19H14N6S/c20-11-14(18-24-16-6-1-2-7-17(16)26-18)15-8-10-22-19(25-15)23-12-13-5-3-4-9-21-13/h1-10,24H,12H2,(H,22,23,25)/b18-14+. The number of hydrogen-bond acceptors (Lipinski definition) is 7. The number of para-hydroxylation sites is 1. The molecule has 26 heavy (non-hydrogen) atoms. The molecule has 0 aliphatic carbocycles. The Bertz CT molecular complexity index is 983. The summed E-state index contributed by atoms with van der Waals surface area (Å²) >= 11 is 1.53. The van der Waals surface area contributed by atoms with E-state index in [0.29, 0.717) is 23.8 Å². The minimum absolute atomic E-state index is 0.460. The zero-order valence-electron chi connectivity index (χ0n) is 13.7. The van der Waals surface area contributed by atoms with Gasteiger partial charge in [-0.15, -0.1) is 0 Å². The molecule has 0 radical (unpaired) electrons. The van der Waals surface area contributed by atoms with Gasteiger partial charge in [0.25, 0.3) is 0 Å². The molecule has 0 bridgehead atoms. The highest BCUT2D eigenvalue weighted by Crippen LogP contribution is 2.43. The predicted octanol–water partition coefficient (Wildman–Crippen LogP) is 3.89. The third kappa shape index (κ3) is 3.36. The maximum absolute atomic E-state index is 9.67. The van der Waals surface area contributed by atoms with Gasteiger partial charge >= 0.3 is 0 Å². The highest BCUT2D eigenvalue weighted by Gasteiger charge is 2.20. The van der Waals surface area contributed by atoms with Crippen molar-refractivity contribution in [3.63, 3.8) is 0 Å². The average molecular weight is 358 g/mol. The summed E-state index contributed by atoms with van der Waals surface area (Å²) in [4.78, 5) is 14.1. The van der Waals surface area contributed by atoms with Crippen molar-refractivity contribution in [2.75, 3.05) is 10.6 Å². The van der Waals surface area contributed by atoms with Crippen LogP contribution < -0.4 is 10.6 Å². The van der Waals surface area contributed by atoms with Crippen LogP contribution in [-0.4, -0.2) is 15.0 Å². The number of rotatable bonds is 4. The van der Waals surface area contributed by atoms with Crippen molar-refractivity contribution in [1.29, 1.82) is 5.26 Å². The Morgan fingerprint density at radius 1 is 1.08 bits per heavy atom. The molecule has 1 aliphatic heterocycles. The number of hydrogen-bond donors (Lipinski definition) is 2. The van der Waals surface area contributed by atoms with Crippen molar-refractivity contribution in [2.45, 2.75) is 11.4 Å². The molecule has 0 fully saturated rings. The molecule has 1 aliphatic rings. The Kier molecular flexibility index (Phi) is 4.50. The molecule has 6 nitrogen and oxygen atoms in total. The zero-order valence-corrected chi connectivity index (χ0v) is 14.5. The van der Waals surface area contributed by atoms with Gasteiger partial charge in [0.1, 0.15) is 11.6 Å². The van der Waals surface area contributed by atoms with Gasteiger partial charge in [-0.05, 0) is 30.3 Å². The molecule has 126 valence electrons. The van der Waals surface area contributed by atoms with Crippen LogP contribution in [0.3, 0.4) is 0 Å². The molecule has 0 saturated carbocycles. The van der Waals surface area contributed by atoms with E-state index in [1.165, 1.54) is 11.8 Å². The van der Waals surface area contributed by atoms with Crippen LogP contribution >= 0.6 is 11.8 Å². The van der Waals surface area contributed by atoms with Crippen molar-refractivity contribution < 1.29 is 0 Å². The number of anilines is 2. The molecule has 0 spiro atoms. The third-order valence-corrected chi connectivity index (χ3v) is 4.84. The maximum atomic E-state index is 9.67. The Balaban J connectivity index is 1.57. The van der Waals surface area contributed by atoms with Gasteiger partial charge in [0.2, 0.25) is 5.95 Å². The van der Waals surface area contributed by atoms with E-state index >= 15 is 0 Å². The lowest BCUT2D eigenvalue weighted by Gasteiger charge is -2.07. The third-order valence-electron chi connectivity index (χ3n) is 3.75. The lowest BCUT2D eigenvalue weighted by atomic mass is 10.2. The monoisotopic (exact) mass is 358 g/mol. The second-order valence-corrected chi connectivity index (χ2v) is 6.53. The van der Waals surface area contributed by atoms with Crippen molar-refractivity contribution >= 4 is 29.0 Å². The molecule has 3 aromatic rings. The van der Waals surface area contributed by atoms with E-state index in [4.69, 9.17) is 0 Å². The van der Waals surface area contributed by atoms with Gasteiger partial charge in [0, 0.05) is 17.3 Å². The predicted molar refractivity (Wildman–Crippen MR) is 102 cm³/mol. The minimum Gasteiger partial charge on any atom is -0.349 e. The molecule has 3 heterocycles. The molecular weight excluding hydrogens is 344 g/mol. The summed E-state index contributed by atoms with van der Waals surface area (Å²) in [5.41, 5.74) is 2.97. The summed E-state index contributed by atoms with van der Waals surface area (Å²) in [6.45, 7) is 0.515. The van der Waals surface area contributed by atoms with Gasteiger partial charge in [-0.3, -0.25) is 4.98 Å². The van der Waals surface area contributed by atoms with E-state index in [1.54, 1.807) is 18.5 Å². The number of pyridine rings is 1. The number of aromatic nitrogens is 3. The number of thioether (sulfide) groups is 1. The first-order valence-corrected chi connectivity index (χ1v) is 8.80. The summed E-state index contributed by atoms with van der Waals surface area (Å²) in [6.07, 6.45) is 3.39. The minimum atomic E-state index is 0.460. The Hall–Kier alpha value is -3.37. The first-order valence-electron chi connectivity index (χ1n) is 7.99. The number of allylic oxidation sites excluding steroid dienone is 1. The van der Waals surface area contributed by atoms with Gasteiger partial charge < -0.3 is 10.6 Å². The summed E-state index contributed by atoms with van der Waals surface area (Å²) in [6, 6.07) is 17.7. The summed E-state index contributed by atoms with van der Waals surface area (Å²) in [5, 5.41) is 16.9. The quantitative estimate of drug-likeness (QED) is 0.684. The fraction of sp³-hybridized carbons (Fsp3) is 0.0526. The van der Waals surface area contributed by atoms with Gasteiger partial charge in [-0.2, -0.15) is 5.26 Å². The Labute approximate surface area is 155 Å². The maximum Gasteiger partial charge on any atom is 0.223 e. The van der Waals surface area contributed by atoms with E-state index in [1.807, 2.05) is 42.5 Å². The van der Waals surface area contributed by atoms with Crippen LogP contribution in [0.15, 0.2) is 70.8 Å². The van der Waals surface area contributed by atoms with Gasteiger partial charge in [-0.25, -0.2) is 9.97 Å². The molecule has 0 saturated heterocycles. The van der Waals surface area contributed by atoms with Crippen LogP contribution in [0, 0.1) is 11.3 Å². The fourth-order valence-corrected chi connectivity index (χ4v) is 3.52. The molecule has 2 aromatic heterocycles. The number of fused-ring (bicyclic) bond motifs is 1. The first-order chi connectivity index (χ1) is 12.8. The summed E-state index contributed by atoms with van der Waals surface area (Å²) in [7, 11) is 0. The van der Waals surface area contributed by atoms with Crippen LogP contribution in [0.5, 0.6) is 0 Å². The molecule has 4 rings (SSSR count). The van der Waals surface area contributed by atoms with E-state index < -0.39 is 0 Å². The molecule has 2 N–H and O–H groups in total. The number of nitrogens with one attached hydrogen (secondary N) is 2. The topological polar surface area (TPSA) is 86.5 Å². The molecule has 0 atom stereocenters. The van der Waals surface area contributed by atoms with E-state index in [2.05, 4.69) is 31.7 Å². The molecule has 0 unspecified atom stereocenters. The lowest BCUT2D eigenvalue weighted by molar-refractivity contribution is 0.998. The van der Waals surface area contributed by atoms with Crippen molar-refractivity contribution in [3.8, 4) is 6.07 Å². The molecule has 0 amide bonds. The number of benzene rings is 1. The highest BCUT2D eigenvalue weighted by molar-refractivity contribution is 8.04. The molecule has 7 heteroatoms. The zero-order chi connectivity index (χ0) is 17.8. The molecular formula is C19H14N6S. The highest BCUT2D eigenvalue weighted by atomic mass is 32.2. The SMILES string of the molecule is N#C/C(=C1/Nc2ccccc2S1)c1ccnc(NCc2ccccn2)n1. The number of nitriles is 1. The van der Waals surface area contributed by atoms with Crippen molar-refractivity contribution in [2.24, 2.45) is 0 Å². The fourth-order valence-electron chi connectivity index (χ4n) is 2.51. The number of nitrogens with zero attached hydrogens (tertiary/aromatic N) is 4. The van der Waals surface area contributed by atoms with E-state index in [-0.39, 0.29) is 0 Å². The second kappa shape index (κ2) is 7.25. The summed E-state index contributed by atoms with van der Waals surface area (Å²) < 4.78 is 0. The van der Waals surface area contributed by atoms with Crippen molar-refractivity contribution in [1.82, 2.24) is 15.0 Å². The van der Waals surface area contributed by atoms with Crippen LogP contribution in [0.1, 0.15) is 11.4 Å². The van der Waals surface area contributed by atoms with E-state index in [0.717, 1.165) is 21.3 Å². The van der Waals surface area contributed by atoms with Crippen LogP contribution in [-0.2, 0) is 6.54 Å². The first kappa shape index (κ1) is 16.1. The van der Waals surface area contributed by atoms with Crippen molar-refractivity contribution in [3.05, 3.63) is 77.3 Å². The smallest absolute Gasteiger partial charge is 0.223 e. The van der Waals surface area contributed by atoms with E-state index in [9.17, 15) is 5.26 Å². The van der Waals surface area contributed by atoms with Crippen LogP contribution in [0.2, 0.25) is 0 Å². The van der Waals surface area contributed by atoms with Gasteiger partial charge in [0.05, 0.1) is 28.6 Å². The lowest BCUT2D eigenvalue weighted by Crippen LogP contribution is -2.06. The Morgan fingerprint density at radius 3 is 2.77 bits per heavy atom.